The number of hydrogen-bond acceptors (Lipinski definition) is 2. The first kappa shape index (κ1) is 14.9. The number of carboxylic acids is 1. The summed E-state index contributed by atoms with van der Waals surface area (Å²) in [6.45, 7) is 2.05. The molecule has 5 heteroatoms. The summed E-state index contributed by atoms with van der Waals surface area (Å²) in [6.07, 6.45) is 0. The summed E-state index contributed by atoms with van der Waals surface area (Å²) in [5.74, 6) is -0.673. The summed E-state index contributed by atoms with van der Waals surface area (Å²) >= 11 is 9.42. The van der Waals surface area contributed by atoms with Crippen LogP contribution in [-0.4, -0.2) is 11.1 Å². The number of halogens is 2. The van der Waals surface area contributed by atoms with Gasteiger partial charge in [-0.05, 0) is 31.2 Å². The van der Waals surface area contributed by atoms with Crippen molar-refractivity contribution in [2.45, 2.75) is 13.5 Å². The van der Waals surface area contributed by atoms with Crippen LogP contribution in [0.1, 0.15) is 21.5 Å². The van der Waals surface area contributed by atoms with Crippen LogP contribution < -0.4 is 4.74 Å². The molecule has 0 amide bonds. The van der Waals surface area contributed by atoms with Gasteiger partial charge in [0.05, 0.1) is 0 Å². The van der Waals surface area contributed by atoms with Crippen LogP contribution in [0.2, 0.25) is 5.02 Å². The minimum atomic E-state index is -1.01. The molecule has 0 atom stereocenters. The fourth-order valence-corrected chi connectivity index (χ4v) is 2.46. The standard InChI is InChI=1S/C15H12BrClO3/c1-9-2-5-14(12(6-9)15(18)19)20-8-10-3-4-11(16)7-13(10)17/h2-7H,8H2,1H3,(H,18,19). The Morgan fingerprint density at radius 3 is 2.70 bits per heavy atom. The molecule has 2 aromatic carbocycles. The highest BCUT2D eigenvalue weighted by atomic mass is 79.9. The van der Waals surface area contributed by atoms with Gasteiger partial charge in [-0.25, -0.2) is 4.79 Å². The molecular weight excluding hydrogens is 344 g/mol. The lowest BCUT2D eigenvalue weighted by molar-refractivity contribution is 0.0691. The van der Waals surface area contributed by atoms with Crippen molar-refractivity contribution in [1.82, 2.24) is 0 Å². The van der Waals surface area contributed by atoms with Crippen molar-refractivity contribution in [2.75, 3.05) is 0 Å². The number of carboxylic acid groups (broad SMARTS) is 1. The summed E-state index contributed by atoms with van der Waals surface area (Å²) in [5.41, 5.74) is 1.82. The van der Waals surface area contributed by atoms with E-state index in [2.05, 4.69) is 15.9 Å². The minimum Gasteiger partial charge on any atom is -0.488 e. The Kier molecular flexibility index (Phi) is 4.68. The Labute approximate surface area is 130 Å². The number of benzene rings is 2. The average Bonchev–Trinajstić information content (AvgIpc) is 2.38. The third kappa shape index (κ3) is 3.52. The zero-order valence-corrected chi connectivity index (χ0v) is 13.0. The van der Waals surface area contributed by atoms with Gasteiger partial charge in [-0.1, -0.05) is 45.2 Å². The van der Waals surface area contributed by atoms with Crippen LogP contribution in [0.25, 0.3) is 0 Å². The van der Waals surface area contributed by atoms with E-state index in [1.165, 1.54) is 0 Å². The van der Waals surface area contributed by atoms with Gasteiger partial charge in [0, 0.05) is 15.1 Å². The van der Waals surface area contributed by atoms with Crippen LogP contribution in [-0.2, 0) is 6.61 Å². The van der Waals surface area contributed by atoms with Crippen molar-refractivity contribution in [3.05, 3.63) is 62.6 Å². The number of carbonyl (C=O) groups is 1. The Morgan fingerprint density at radius 1 is 1.30 bits per heavy atom. The summed E-state index contributed by atoms with van der Waals surface area (Å²) in [7, 11) is 0. The van der Waals surface area contributed by atoms with Gasteiger partial charge < -0.3 is 9.84 Å². The van der Waals surface area contributed by atoms with E-state index in [1.54, 1.807) is 18.2 Å². The van der Waals surface area contributed by atoms with Crippen molar-refractivity contribution in [1.29, 1.82) is 0 Å². The zero-order chi connectivity index (χ0) is 14.7. The van der Waals surface area contributed by atoms with Gasteiger partial charge in [-0.2, -0.15) is 0 Å². The largest absolute Gasteiger partial charge is 0.488 e. The van der Waals surface area contributed by atoms with E-state index in [0.29, 0.717) is 10.8 Å². The second-order valence-corrected chi connectivity index (χ2v) is 5.65. The molecule has 0 aliphatic rings. The summed E-state index contributed by atoms with van der Waals surface area (Å²) < 4.78 is 6.46. The Balaban J connectivity index is 2.20. The van der Waals surface area contributed by atoms with Gasteiger partial charge in [0.1, 0.15) is 17.9 Å². The van der Waals surface area contributed by atoms with E-state index >= 15 is 0 Å². The third-order valence-corrected chi connectivity index (χ3v) is 3.61. The number of ether oxygens (including phenoxy) is 1. The minimum absolute atomic E-state index is 0.151. The van der Waals surface area contributed by atoms with Gasteiger partial charge in [-0.15, -0.1) is 0 Å². The maximum atomic E-state index is 11.2. The Morgan fingerprint density at radius 2 is 2.05 bits per heavy atom. The monoisotopic (exact) mass is 354 g/mol. The summed E-state index contributed by atoms with van der Waals surface area (Å²) in [6, 6.07) is 10.5. The molecule has 0 saturated carbocycles. The SMILES string of the molecule is Cc1ccc(OCc2ccc(Br)cc2Cl)c(C(=O)O)c1. The van der Waals surface area contributed by atoms with Crippen molar-refractivity contribution in [3.63, 3.8) is 0 Å². The topological polar surface area (TPSA) is 46.5 Å². The Hall–Kier alpha value is -1.52. The molecule has 0 aliphatic carbocycles. The van der Waals surface area contributed by atoms with Crippen LogP contribution in [0, 0.1) is 6.92 Å². The molecule has 0 fully saturated rings. The van der Waals surface area contributed by atoms with Crippen LogP contribution in [0.3, 0.4) is 0 Å². The zero-order valence-electron chi connectivity index (χ0n) is 10.7. The van der Waals surface area contributed by atoms with Crippen LogP contribution in [0.4, 0.5) is 0 Å². The molecule has 2 rings (SSSR count). The maximum Gasteiger partial charge on any atom is 0.339 e. The number of hydrogen-bond donors (Lipinski definition) is 1. The molecule has 0 aromatic heterocycles. The van der Waals surface area contributed by atoms with Gasteiger partial charge in [-0.3, -0.25) is 0 Å². The first-order valence-electron chi connectivity index (χ1n) is 5.88. The fraction of sp³-hybridized carbons (Fsp3) is 0.133. The molecule has 0 bridgehead atoms. The second kappa shape index (κ2) is 6.29. The first-order chi connectivity index (χ1) is 9.47. The van der Waals surface area contributed by atoms with E-state index in [4.69, 9.17) is 21.4 Å². The predicted molar refractivity (Wildman–Crippen MR) is 81.6 cm³/mol. The highest BCUT2D eigenvalue weighted by Crippen LogP contribution is 2.25. The van der Waals surface area contributed by atoms with Crippen LogP contribution in [0.15, 0.2) is 40.9 Å². The number of aromatic carboxylic acids is 1. The highest BCUT2D eigenvalue weighted by Gasteiger charge is 2.12. The van der Waals surface area contributed by atoms with Gasteiger partial charge in [0.2, 0.25) is 0 Å². The van der Waals surface area contributed by atoms with Gasteiger partial charge in [0.15, 0.2) is 0 Å². The van der Waals surface area contributed by atoms with Gasteiger partial charge >= 0.3 is 5.97 Å². The second-order valence-electron chi connectivity index (χ2n) is 4.33. The average molecular weight is 356 g/mol. The smallest absolute Gasteiger partial charge is 0.339 e. The molecule has 0 aliphatic heterocycles. The molecule has 0 heterocycles. The van der Waals surface area contributed by atoms with E-state index in [9.17, 15) is 4.79 Å². The molecular formula is C15H12BrClO3. The molecule has 0 radical (unpaired) electrons. The van der Waals surface area contributed by atoms with E-state index in [1.807, 2.05) is 25.1 Å². The molecule has 3 nitrogen and oxygen atoms in total. The lowest BCUT2D eigenvalue weighted by Gasteiger charge is -2.11. The first-order valence-corrected chi connectivity index (χ1v) is 7.05. The predicted octanol–water partition coefficient (Wildman–Crippen LogP) is 4.69. The molecule has 0 spiro atoms. The van der Waals surface area contributed by atoms with Crippen molar-refractivity contribution in [3.8, 4) is 5.75 Å². The summed E-state index contributed by atoms with van der Waals surface area (Å²) in [5, 5.41) is 9.74. The Bertz CT molecular complexity index is 656. The fourth-order valence-electron chi connectivity index (χ4n) is 1.73. The van der Waals surface area contributed by atoms with E-state index in [-0.39, 0.29) is 12.2 Å². The van der Waals surface area contributed by atoms with Gasteiger partial charge in [0.25, 0.3) is 0 Å². The quantitative estimate of drug-likeness (QED) is 0.865. The number of rotatable bonds is 4. The van der Waals surface area contributed by atoms with Crippen LogP contribution >= 0.6 is 27.5 Å². The van der Waals surface area contributed by atoms with Crippen molar-refractivity contribution >= 4 is 33.5 Å². The lowest BCUT2D eigenvalue weighted by atomic mass is 10.1. The maximum absolute atomic E-state index is 11.2. The van der Waals surface area contributed by atoms with Crippen LogP contribution in [0.5, 0.6) is 5.75 Å². The molecule has 0 saturated heterocycles. The summed E-state index contributed by atoms with van der Waals surface area (Å²) in [4.78, 5) is 11.2. The van der Waals surface area contributed by atoms with E-state index < -0.39 is 5.97 Å². The number of aryl methyl sites for hydroxylation is 1. The molecule has 0 unspecified atom stereocenters. The lowest BCUT2D eigenvalue weighted by Crippen LogP contribution is -2.04. The van der Waals surface area contributed by atoms with Crippen molar-refractivity contribution < 1.29 is 14.6 Å². The molecule has 2 aromatic rings. The normalized spacial score (nSPS) is 10.3. The molecule has 20 heavy (non-hydrogen) atoms. The van der Waals surface area contributed by atoms with Crippen molar-refractivity contribution in [2.24, 2.45) is 0 Å². The third-order valence-electron chi connectivity index (χ3n) is 2.76. The van der Waals surface area contributed by atoms with E-state index in [0.717, 1.165) is 15.6 Å². The molecule has 104 valence electrons. The molecule has 1 N–H and O–H groups in total. The highest BCUT2D eigenvalue weighted by molar-refractivity contribution is 9.10.